The number of hydrogen-bond donors (Lipinski definition) is 2. The maximum absolute atomic E-state index is 12.0. The number of benzene rings is 1. The first-order chi connectivity index (χ1) is 9.54. The Kier molecular flexibility index (Phi) is 4.72. The normalized spacial score (nSPS) is 33.7. The highest BCUT2D eigenvalue weighted by atomic mass is 16.7. The third-order valence-corrected chi connectivity index (χ3v) is 3.29. The lowest BCUT2D eigenvalue weighted by molar-refractivity contribution is -0.281. The van der Waals surface area contributed by atoms with E-state index in [2.05, 4.69) is 0 Å². The second-order valence-corrected chi connectivity index (χ2v) is 4.66. The standard InChI is InChI=1S/C14H18O6/c1-8-11(12(18-2)10(15)14(17)19-8)20-13(16)9-6-4-3-5-7-9/h3-8,10-12,14-15,17H,1-2H3. The first-order valence-electron chi connectivity index (χ1n) is 6.35. The van der Waals surface area contributed by atoms with Gasteiger partial charge >= 0.3 is 5.97 Å². The van der Waals surface area contributed by atoms with Gasteiger partial charge in [-0.3, -0.25) is 0 Å². The minimum atomic E-state index is -1.36. The van der Waals surface area contributed by atoms with Crippen molar-refractivity contribution in [2.45, 2.75) is 37.6 Å². The number of methoxy groups -OCH3 is 1. The lowest BCUT2D eigenvalue weighted by Gasteiger charge is -2.40. The third kappa shape index (κ3) is 2.99. The molecule has 0 spiro atoms. The molecule has 1 aliphatic heterocycles. The van der Waals surface area contributed by atoms with Gasteiger partial charge in [-0.05, 0) is 19.1 Å². The van der Waals surface area contributed by atoms with Crippen molar-refractivity contribution in [3.63, 3.8) is 0 Å². The summed E-state index contributed by atoms with van der Waals surface area (Å²) in [6.07, 6.45) is -4.87. The summed E-state index contributed by atoms with van der Waals surface area (Å²) in [6, 6.07) is 8.50. The zero-order chi connectivity index (χ0) is 14.7. The Labute approximate surface area is 116 Å². The summed E-state index contributed by atoms with van der Waals surface area (Å²) in [7, 11) is 1.38. The van der Waals surface area contributed by atoms with Crippen molar-refractivity contribution in [1.29, 1.82) is 0 Å². The van der Waals surface area contributed by atoms with Gasteiger partial charge in [-0.2, -0.15) is 0 Å². The number of esters is 1. The molecule has 0 saturated carbocycles. The fourth-order valence-electron chi connectivity index (χ4n) is 2.20. The van der Waals surface area contributed by atoms with Gasteiger partial charge in [0.2, 0.25) is 0 Å². The largest absolute Gasteiger partial charge is 0.453 e. The molecule has 6 heteroatoms. The Morgan fingerprint density at radius 1 is 1.20 bits per heavy atom. The molecule has 0 aliphatic carbocycles. The third-order valence-electron chi connectivity index (χ3n) is 3.29. The Balaban J connectivity index is 2.12. The van der Waals surface area contributed by atoms with Crippen molar-refractivity contribution in [2.24, 2.45) is 0 Å². The predicted molar refractivity (Wildman–Crippen MR) is 69.0 cm³/mol. The number of rotatable bonds is 3. The maximum Gasteiger partial charge on any atom is 0.338 e. The van der Waals surface area contributed by atoms with Gasteiger partial charge in [0.05, 0.1) is 11.7 Å². The molecule has 0 bridgehead atoms. The highest BCUT2D eigenvalue weighted by molar-refractivity contribution is 5.89. The number of ether oxygens (including phenoxy) is 3. The fraction of sp³-hybridized carbons (Fsp3) is 0.500. The quantitative estimate of drug-likeness (QED) is 0.777. The molecule has 1 heterocycles. The van der Waals surface area contributed by atoms with Crippen LogP contribution in [0.5, 0.6) is 0 Å². The van der Waals surface area contributed by atoms with Gasteiger partial charge in [0, 0.05) is 7.11 Å². The second-order valence-electron chi connectivity index (χ2n) is 4.66. The molecule has 20 heavy (non-hydrogen) atoms. The Hall–Kier alpha value is -1.47. The van der Waals surface area contributed by atoms with Gasteiger partial charge in [-0.15, -0.1) is 0 Å². The molecule has 2 rings (SSSR count). The van der Waals surface area contributed by atoms with Gasteiger partial charge in [-0.1, -0.05) is 18.2 Å². The van der Waals surface area contributed by atoms with Crippen LogP contribution in [-0.4, -0.2) is 54.0 Å². The molecule has 1 aromatic carbocycles. The van der Waals surface area contributed by atoms with Crippen LogP contribution in [0.15, 0.2) is 30.3 Å². The van der Waals surface area contributed by atoms with Crippen molar-refractivity contribution >= 4 is 5.97 Å². The maximum atomic E-state index is 12.0. The molecule has 5 atom stereocenters. The van der Waals surface area contributed by atoms with E-state index in [0.29, 0.717) is 5.56 Å². The SMILES string of the molecule is COC1C(O)C(O)OC(C)C1OC(=O)c1ccccc1. The zero-order valence-electron chi connectivity index (χ0n) is 11.3. The lowest BCUT2D eigenvalue weighted by atomic mass is 9.99. The summed E-state index contributed by atoms with van der Waals surface area (Å²) in [5.41, 5.74) is 0.398. The highest BCUT2D eigenvalue weighted by Gasteiger charge is 2.45. The summed E-state index contributed by atoms with van der Waals surface area (Å²) in [5.74, 6) is -0.531. The summed E-state index contributed by atoms with van der Waals surface area (Å²) in [6.45, 7) is 1.64. The van der Waals surface area contributed by atoms with E-state index < -0.39 is 36.7 Å². The number of carbonyl (C=O) groups is 1. The van der Waals surface area contributed by atoms with Crippen LogP contribution < -0.4 is 0 Å². The Bertz CT molecular complexity index is 448. The van der Waals surface area contributed by atoms with E-state index >= 15 is 0 Å². The summed E-state index contributed by atoms with van der Waals surface area (Å²) in [4.78, 5) is 12.0. The van der Waals surface area contributed by atoms with Crippen LogP contribution in [0.3, 0.4) is 0 Å². The van der Waals surface area contributed by atoms with Crippen LogP contribution >= 0.6 is 0 Å². The molecule has 1 fully saturated rings. The van der Waals surface area contributed by atoms with E-state index in [1.807, 2.05) is 0 Å². The van der Waals surface area contributed by atoms with Crippen LogP contribution in [0.4, 0.5) is 0 Å². The van der Waals surface area contributed by atoms with Crippen molar-refractivity contribution < 1.29 is 29.2 Å². The molecule has 110 valence electrons. The van der Waals surface area contributed by atoms with Gasteiger partial charge in [0.15, 0.2) is 12.4 Å². The van der Waals surface area contributed by atoms with E-state index in [1.165, 1.54) is 7.11 Å². The van der Waals surface area contributed by atoms with Gasteiger partial charge in [0.1, 0.15) is 12.2 Å². The first kappa shape index (κ1) is 14.9. The second kappa shape index (κ2) is 6.32. The summed E-state index contributed by atoms with van der Waals surface area (Å²) < 4.78 is 15.6. The number of carbonyl (C=O) groups excluding carboxylic acids is 1. The van der Waals surface area contributed by atoms with E-state index in [-0.39, 0.29) is 0 Å². The highest BCUT2D eigenvalue weighted by Crippen LogP contribution is 2.25. The van der Waals surface area contributed by atoms with Crippen LogP contribution in [-0.2, 0) is 14.2 Å². The Morgan fingerprint density at radius 3 is 2.45 bits per heavy atom. The molecule has 1 aromatic rings. The average molecular weight is 282 g/mol. The van der Waals surface area contributed by atoms with Crippen molar-refractivity contribution in [3.05, 3.63) is 35.9 Å². The summed E-state index contributed by atoms with van der Waals surface area (Å²) >= 11 is 0. The monoisotopic (exact) mass is 282 g/mol. The summed E-state index contributed by atoms with van der Waals surface area (Å²) in [5, 5.41) is 19.3. The van der Waals surface area contributed by atoms with Gasteiger partial charge < -0.3 is 24.4 Å². The molecule has 5 unspecified atom stereocenters. The van der Waals surface area contributed by atoms with E-state index in [4.69, 9.17) is 14.2 Å². The molecular formula is C14H18O6. The smallest absolute Gasteiger partial charge is 0.338 e. The van der Waals surface area contributed by atoms with Crippen LogP contribution in [0.1, 0.15) is 17.3 Å². The van der Waals surface area contributed by atoms with Crippen molar-refractivity contribution in [2.75, 3.05) is 7.11 Å². The molecule has 0 amide bonds. The molecule has 2 N–H and O–H groups in total. The number of hydrogen-bond acceptors (Lipinski definition) is 6. The topological polar surface area (TPSA) is 85.2 Å². The molecule has 1 saturated heterocycles. The molecular weight excluding hydrogens is 264 g/mol. The average Bonchev–Trinajstić information content (AvgIpc) is 2.46. The lowest BCUT2D eigenvalue weighted by Crippen LogP contribution is -2.58. The molecule has 1 aliphatic rings. The Morgan fingerprint density at radius 2 is 1.85 bits per heavy atom. The molecule has 0 radical (unpaired) electrons. The number of aliphatic hydroxyl groups excluding tert-OH is 2. The minimum Gasteiger partial charge on any atom is -0.453 e. The first-order valence-corrected chi connectivity index (χ1v) is 6.35. The van der Waals surface area contributed by atoms with E-state index in [9.17, 15) is 15.0 Å². The van der Waals surface area contributed by atoms with Crippen molar-refractivity contribution in [3.8, 4) is 0 Å². The zero-order valence-corrected chi connectivity index (χ0v) is 11.3. The van der Waals surface area contributed by atoms with E-state index in [0.717, 1.165) is 0 Å². The van der Waals surface area contributed by atoms with Crippen LogP contribution in [0.25, 0.3) is 0 Å². The van der Waals surface area contributed by atoms with Gasteiger partial charge in [0.25, 0.3) is 0 Å². The van der Waals surface area contributed by atoms with Crippen molar-refractivity contribution in [1.82, 2.24) is 0 Å². The number of aliphatic hydroxyl groups is 2. The predicted octanol–water partition coefficient (Wildman–Crippen LogP) is 0.325. The van der Waals surface area contributed by atoms with Crippen LogP contribution in [0.2, 0.25) is 0 Å². The molecule has 0 aromatic heterocycles. The fourth-order valence-corrected chi connectivity index (χ4v) is 2.20. The van der Waals surface area contributed by atoms with Gasteiger partial charge in [-0.25, -0.2) is 4.79 Å². The van der Waals surface area contributed by atoms with Crippen LogP contribution in [0, 0.1) is 0 Å². The molecule has 6 nitrogen and oxygen atoms in total. The van der Waals surface area contributed by atoms with E-state index in [1.54, 1.807) is 37.3 Å². The minimum absolute atomic E-state index is 0.398.